The maximum absolute atomic E-state index is 10.3. The Kier molecular flexibility index (Phi) is 17.2. The summed E-state index contributed by atoms with van der Waals surface area (Å²) in [5.74, 6) is -2.81. The van der Waals surface area contributed by atoms with E-state index in [0.717, 1.165) is 6.07 Å². The first kappa shape index (κ1) is 25.3. The summed E-state index contributed by atoms with van der Waals surface area (Å²) in [7, 11) is 0.446. The minimum absolute atomic E-state index is 0. The number of carbonyl (C=O) groups excluding carboxylic acids is 2. The summed E-state index contributed by atoms with van der Waals surface area (Å²) in [6.07, 6.45) is 4.26. The molecule has 0 radical (unpaired) electrons. The smallest absolute Gasteiger partial charge is 0.545 e. The monoisotopic (exact) mass is 324 g/mol. The normalized spacial score (nSPS) is 8.76. The van der Waals surface area contributed by atoms with Crippen molar-refractivity contribution in [3.63, 3.8) is 0 Å². The third-order valence-electron chi connectivity index (χ3n) is 2.68. The molecule has 0 saturated carbocycles. The van der Waals surface area contributed by atoms with Crippen LogP contribution in [0.15, 0.2) is 24.3 Å². The van der Waals surface area contributed by atoms with Gasteiger partial charge in [-0.1, -0.05) is 39.0 Å². The summed E-state index contributed by atoms with van der Waals surface area (Å²) < 4.78 is 0. The van der Waals surface area contributed by atoms with Crippen molar-refractivity contribution in [3.8, 4) is 0 Å². The Balaban J connectivity index is -0.000000317. The maximum Gasteiger partial charge on any atom is 2.00 e. The van der Waals surface area contributed by atoms with Crippen molar-refractivity contribution in [3.05, 3.63) is 35.4 Å². The summed E-state index contributed by atoms with van der Waals surface area (Å²) in [4.78, 5) is 20.5. The second-order valence-electron chi connectivity index (χ2n) is 3.78. The zero-order valence-corrected chi connectivity index (χ0v) is 15.0. The average Bonchev–Trinajstić information content (AvgIpc) is 2.41. The summed E-state index contributed by atoms with van der Waals surface area (Å²) in [5, 5.41) is 20.5. The van der Waals surface area contributed by atoms with E-state index in [0.29, 0.717) is 7.92 Å². The van der Waals surface area contributed by atoms with Gasteiger partial charge >= 0.3 is 23.1 Å². The van der Waals surface area contributed by atoms with E-state index in [1.54, 1.807) is 0 Å². The standard InChI is InChI=1S/C8H6O4.C6H15P.Mg.H2O/c9-7(10)5-2-1-3-6(4-5)8(11)12;1-4-7(5-2)6-3;;/h1-4H,(H,9,10)(H,11,12);4-6H2,1-3H3;;1H2/q;;+2;/p-2. The van der Waals surface area contributed by atoms with Gasteiger partial charge in [0.1, 0.15) is 0 Å². The van der Waals surface area contributed by atoms with Crippen LogP contribution in [0.2, 0.25) is 0 Å². The van der Waals surface area contributed by atoms with Gasteiger partial charge in [0.2, 0.25) is 0 Å². The minimum atomic E-state index is -1.40. The van der Waals surface area contributed by atoms with E-state index in [9.17, 15) is 19.8 Å². The number of rotatable bonds is 5. The molecule has 0 bridgehead atoms. The molecule has 0 aliphatic rings. The zero-order valence-electron chi connectivity index (χ0n) is 12.7. The molecule has 0 unspecified atom stereocenters. The molecule has 2 N–H and O–H groups in total. The molecule has 1 aromatic rings. The molecule has 1 aromatic carbocycles. The van der Waals surface area contributed by atoms with Crippen LogP contribution in [0, 0.1) is 0 Å². The summed E-state index contributed by atoms with van der Waals surface area (Å²) >= 11 is 0. The number of hydrogen-bond donors (Lipinski definition) is 0. The van der Waals surface area contributed by atoms with Crippen molar-refractivity contribution in [2.24, 2.45) is 0 Å². The first-order valence-corrected chi connectivity index (χ1v) is 8.11. The van der Waals surface area contributed by atoms with Crippen molar-refractivity contribution >= 4 is 42.9 Å². The molecular formula is C14H21MgO5P. The minimum Gasteiger partial charge on any atom is -0.545 e. The average molecular weight is 325 g/mol. The molecule has 0 amide bonds. The second kappa shape index (κ2) is 14.3. The predicted molar refractivity (Wildman–Crippen MR) is 83.0 cm³/mol. The molecule has 21 heavy (non-hydrogen) atoms. The van der Waals surface area contributed by atoms with E-state index in [1.165, 1.54) is 36.7 Å². The Bertz CT molecular complexity index is 387. The number of carbonyl (C=O) groups is 2. The van der Waals surface area contributed by atoms with E-state index in [1.807, 2.05) is 0 Å². The van der Waals surface area contributed by atoms with E-state index in [-0.39, 0.29) is 39.7 Å². The fourth-order valence-corrected chi connectivity index (χ4v) is 2.79. The van der Waals surface area contributed by atoms with Crippen LogP contribution < -0.4 is 10.2 Å². The molecule has 0 atom stereocenters. The molecule has 114 valence electrons. The molecule has 0 heterocycles. The maximum atomic E-state index is 10.3. The van der Waals surface area contributed by atoms with Gasteiger partial charge in [-0.2, -0.15) is 0 Å². The van der Waals surface area contributed by atoms with Crippen LogP contribution in [-0.4, -0.2) is 59.0 Å². The number of carboxylic acid groups (broad SMARTS) is 2. The molecule has 7 heteroatoms. The SMILES string of the molecule is CCP(CC)CC.O.O=C([O-])c1cccc(C(=O)[O-])c1.[Mg+2]. The Morgan fingerprint density at radius 3 is 1.48 bits per heavy atom. The Hall–Kier alpha value is -0.684. The van der Waals surface area contributed by atoms with Gasteiger partial charge in [-0.15, -0.1) is 7.92 Å². The predicted octanol–water partition coefficient (Wildman–Crippen LogP) is -0.264. The molecule has 5 nitrogen and oxygen atoms in total. The Morgan fingerprint density at radius 1 is 0.952 bits per heavy atom. The summed E-state index contributed by atoms with van der Waals surface area (Å²) in [6, 6.07) is 4.81. The quantitative estimate of drug-likeness (QED) is 0.548. The van der Waals surface area contributed by atoms with Gasteiger partial charge in [-0.3, -0.25) is 0 Å². The van der Waals surface area contributed by atoms with Gasteiger partial charge in [-0.25, -0.2) is 0 Å². The van der Waals surface area contributed by atoms with Gasteiger partial charge in [0, 0.05) is 0 Å². The molecule has 0 fully saturated rings. The van der Waals surface area contributed by atoms with Crippen LogP contribution in [0.3, 0.4) is 0 Å². The number of carboxylic acids is 2. The van der Waals surface area contributed by atoms with Crippen LogP contribution in [-0.2, 0) is 0 Å². The van der Waals surface area contributed by atoms with Crippen LogP contribution >= 0.6 is 7.92 Å². The van der Waals surface area contributed by atoms with E-state index in [2.05, 4.69) is 20.8 Å². The van der Waals surface area contributed by atoms with Gasteiger partial charge < -0.3 is 25.3 Å². The van der Waals surface area contributed by atoms with Gasteiger partial charge in [0.15, 0.2) is 0 Å². The third kappa shape index (κ3) is 10.7. The number of hydrogen-bond acceptors (Lipinski definition) is 4. The van der Waals surface area contributed by atoms with Crippen molar-refractivity contribution in [2.45, 2.75) is 20.8 Å². The van der Waals surface area contributed by atoms with Crippen LogP contribution in [0.1, 0.15) is 41.5 Å². The third-order valence-corrected chi connectivity index (χ3v) is 5.36. The van der Waals surface area contributed by atoms with E-state index in [4.69, 9.17) is 0 Å². The fourth-order valence-electron chi connectivity index (χ4n) is 1.44. The van der Waals surface area contributed by atoms with E-state index < -0.39 is 11.9 Å². The molecule has 0 saturated heterocycles. The number of benzene rings is 1. The second-order valence-corrected chi connectivity index (χ2v) is 7.01. The van der Waals surface area contributed by atoms with Crippen molar-refractivity contribution < 1.29 is 25.3 Å². The van der Waals surface area contributed by atoms with Crippen LogP contribution in [0.25, 0.3) is 0 Å². The Morgan fingerprint density at radius 2 is 1.29 bits per heavy atom. The van der Waals surface area contributed by atoms with Crippen molar-refractivity contribution in [1.29, 1.82) is 0 Å². The molecule has 0 aromatic heterocycles. The topological polar surface area (TPSA) is 112 Å². The molecule has 0 aliphatic heterocycles. The fraction of sp³-hybridized carbons (Fsp3) is 0.429. The summed E-state index contributed by atoms with van der Waals surface area (Å²) in [6.45, 7) is 6.87. The van der Waals surface area contributed by atoms with Crippen LogP contribution in [0.5, 0.6) is 0 Å². The van der Waals surface area contributed by atoms with Gasteiger partial charge in [0.25, 0.3) is 0 Å². The van der Waals surface area contributed by atoms with Gasteiger partial charge in [0.05, 0.1) is 11.9 Å². The largest absolute Gasteiger partial charge is 2.00 e. The van der Waals surface area contributed by atoms with E-state index >= 15 is 0 Å². The first-order chi connectivity index (χ1) is 8.96. The summed E-state index contributed by atoms with van der Waals surface area (Å²) in [5.41, 5.74) is -0.339. The van der Waals surface area contributed by atoms with Crippen molar-refractivity contribution in [1.82, 2.24) is 0 Å². The first-order valence-electron chi connectivity index (χ1n) is 6.21. The number of aromatic carboxylic acids is 2. The Labute approximate surface area is 143 Å². The van der Waals surface area contributed by atoms with Gasteiger partial charge in [-0.05, 0) is 35.7 Å². The van der Waals surface area contributed by atoms with Crippen LogP contribution in [0.4, 0.5) is 0 Å². The molecule has 0 spiro atoms. The molecule has 0 aliphatic carbocycles. The molecule has 1 rings (SSSR count). The zero-order chi connectivity index (χ0) is 14.8. The van der Waals surface area contributed by atoms with Crippen molar-refractivity contribution in [2.75, 3.05) is 18.5 Å². The molecular weight excluding hydrogens is 303 g/mol.